The van der Waals surface area contributed by atoms with Gasteiger partial charge in [-0.05, 0) is 31.4 Å². The molecule has 0 saturated carbocycles. The first kappa shape index (κ1) is 8.54. The Balaban J connectivity index is 2.49. The zero-order chi connectivity index (χ0) is 9.42. The minimum Gasteiger partial charge on any atom is -0.382 e. The summed E-state index contributed by atoms with van der Waals surface area (Å²) in [6.07, 6.45) is 1.01. The fraction of sp³-hybridized carbons (Fsp3) is 0.455. The zero-order valence-corrected chi connectivity index (χ0v) is 7.97. The largest absolute Gasteiger partial charge is 0.382 e. The summed E-state index contributed by atoms with van der Waals surface area (Å²) >= 11 is 0. The molecule has 1 nitrogen and oxygen atoms in total. The second kappa shape index (κ2) is 3.02. The third-order valence-electron chi connectivity index (χ3n) is 2.65. The highest BCUT2D eigenvalue weighted by Crippen LogP contribution is 2.35. The number of nitrogens with one attached hydrogen (secondary N) is 1. The summed E-state index contributed by atoms with van der Waals surface area (Å²) in [5, 5.41) is 3.29. The van der Waals surface area contributed by atoms with E-state index in [0.29, 0.717) is 12.0 Å². The van der Waals surface area contributed by atoms with E-state index < -0.39 is 0 Å². The highest BCUT2D eigenvalue weighted by molar-refractivity contribution is 5.55. The molecular formula is C11H14FN. The van der Waals surface area contributed by atoms with Crippen molar-refractivity contribution in [2.24, 2.45) is 0 Å². The molecule has 1 aliphatic heterocycles. The van der Waals surface area contributed by atoms with Crippen LogP contribution in [0.5, 0.6) is 0 Å². The normalized spacial score (nSPS) is 26.4. The predicted molar refractivity (Wildman–Crippen MR) is 52.5 cm³/mol. The molecular weight excluding hydrogens is 165 g/mol. The van der Waals surface area contributed by atoms with E-state index in [1.165, 1.54) is 6.07 Å². The molecule has 13 heavy (non-hydrogen) atoms. The van der Waals surface area contributed by atoms with Gasteiger partial charge < -0.3 is 5.32 Å². The Morgan fingerprint density at radius 3 is 2.92 bits per heavy atom. The molecule has 0 amide bonds. The number of halogens is 1. The number of fused-ring (bicyclic) bond motifs is 1. The molecule has 0 saturated heterocycles. The lowest BCUT2D eigenvalue weighted by molar-refractivity contribution is 0.538. The molecule has 0 fully saturated rings. The van der Waals surface area contributed by atoms with Crippen LogP contribution in [-0.4, -0.2) is 6.04 Å². The van der Waals surface area contributed by atoms with Crippen molar-refractivity contribution >= 4 is 5.69 Å². The molecule has 0 bridgehead atoms. The van der Waals surface area contributed by atoms with E-state index in [-0.39, 0.29) is 5.82 Å². The average Bonchev–Trinajstić information content (AvgIpc) is 2.02. The Kier molecular flexibility index (Phi) is 1.98. The molecule has 2 rings (SSSR count). The summed E-state index contributed by atoms with van der Waals surface area (Å²) < 4.78 is 13.4. The van der Waals surface area contributed by atoms with Crippen LogP contribution in [-0.2, 0) is 0 Å². The van der Waals surface area contributed by atoms with Crippen LogP contribution in [0.2, 0.25) is 0 Å². The first-order chi connectivity index (χ1) is 6.18. The Bertz CT molecular complexity index is 322. The fourth-order valence-corrected chi connectivity index (χ4v) is 2.14. The summed E-state index contributed by atoms with van der Waals surface area (Å²) in [6.45, 7) is 4.21. The molecule has 70 valence electrons. The first-order valence-corrected chi connectivity index (χ1v) is 4.73. The van der Waals surface area contributed by atoms with Crippen LogP contribution in [0.25, 0.3) is 0 Å². The van der Waals surface area contributed by atoms with Crippen molar-refractivity contribution in [3.05, 3.63) is 29.6 Å². The highest BCUT2D eigenvalue weighted by Gasteiger charge is 2.23. The van der Waals surface area contributed by atoms with E-state index in [0.717, 1.165) is 17.7 Å². The van der Waals surface area contributed by atoms with E-state index in [9.17, 15) is 4.39 Å². The second-order valence-corrected chi connectivity index (χ2v) is 3.88. The van der Waals surface area contributed by atoms with Gasteiger partial charge >= 0.3 is 0 Å². The van der Waals surface area contributed by atoms with E-state index in [2.05, 4.69) is 19.2 Å². The van der Waals surface area contributed by atoms with E-state index in [1.807, 2.05) is 6.07 Å². The molecule has 1 aromatic rings. The Labute approximate surface area is 78.0 Å². The molecule has 1 N–H and O–H groups in total. The summed E-state index contributed by atoms with van der Waals surface area (Å²) in [5.74, 6) is 0.247. The number of benzene rings is 1. The molecule has 0 radical (unpaired) electrons. The van der Waals surface area contributed by atoms with Gasteiger partial charge in [-0.1, -0.05) is 13.0 Å². The molecule has 1 aromatic carbocycles. The summed E-state index contributed by atoms with van der Waals surface area (Å²) in [7, 11) is 0. The second-order valence-electron chi connectivity index (χ2n) is 3.88. The molecule has 0 spiro atoms. The molecule has 1 aliphatic rings. The average molecular weight is 179 g/mol. The van der Waals surface area contributed by atoms with Crippen molar-refractivity contribution in [2.45, 2.75) is 32.2 Å². The standard InChI is InChI=1S/C11H14FN/c1-7-6-8(2)13-10-5-3-4-9(12)11(7)10/h3-5,7-8,13H,6H2,1-2H3. The van der Waals surface area contributed by atoms with Crippen LogP contribution in [0.4, 0.5) is 10.1 Å². The van der Waals surface area contributed by atoms with Crippen LogP contribution in [0.15, 0.2) is 18.2 Å². The molecule has 2 unspecified atom stereocenters. The van der Waals surface area contributed by atoms with Crippen molar-refractivity contribution < 1.29 is 4.39 Å². The lowest BCUT2D eigenvalue weighted by Crippen LogP contribution is -2.24. The fourth-order valence-electron chi connectivity index (χ4n) is 2.14. The maximum absolute atomic E-state index is 13.4. The Hall–Kier alpha value is -1.05. The van der Waals surface area contributed by atoms with Gasteiger partial charge in [0.05, 0.1) is 0 Å². The Morgan fingerprint density at radius 2 is 2.15 bits per heavy atom. The van der Waals surface area contributed by atoms with E-state index in [4.69, 9.17) is 0 Å². The number of hydrogen-bond donors (Lipinski definition) is 1. The van der Waals surface area contributed by atoms with Gasteiger partial charge in [0.15, 0.2) is 0 Å². The number of hydrogen-bond acceptors (Lipinski definition) is 1. The van der Waals surface area contributed by atoms with Gasteiger partial charge in [-0.3, -0.25) is 0 Å². The van der Waals surface area contributed by atoms with Gasteiger partial charge in [0.25, 0.3) is 0 Å². The van der Waals surface area contributed by atoms with Gasteiger partial charge in [-0.25, -0.2) is 4.39 Å². The summed E-state index contributed by atoms with van der Waals surface area (Å²) in [4.78, 5) is 0. The predicted octanol–water partition coefficient (Wildman–Crippen LogP) is 3.13. The number of anilines is 1. The highest BCUT2D eigenvalue weighted by atomic mass is 19.1. The molecule has 0 aliphatic carbocycles. The third kappa shape index (κ3) is 1.41. The maximum Gasteiger partial charge on any atom is 0.128 e. The Morgan fingerprint density at radius 1 is 1.38 bits per heavy atom. The van der Waals surface area contributed by atoms with Gasteiger partial charge in [-0.2, -0.15) is 0 Å². The molecule has 2 atom stereocenters. The van der Waals surface area contributed by atoms with Crippen molar-refractivity contribution in [3.8, 4) is 0 Å². The summed E-state index contributed by atoms with van der Waals surface area (Å²) in [6, 6.07) is 5.69. The topological polar surface area (TPSA) is 12.0 Å². The minimum atomic E-state index is -0.0793. The van der Waals surface area contributed by atoms with Crippen LogP contribution in [0, 0.1) is 5.82 Å². The van der Waals surface area contributed by atoms with Crippen LogP contribution in [0.3, 0.4) is 0 Å². The lowest BCUT2D eigenvalue weighted by Gasteiger charge is -2.29. The lowest BCUT2D eigenvalue weighted by atomic mass is 9.89. The van der Waals surface area contributed by atoms with Crippen molar-refractivity contribution in [3.63, 3.8) is 0 Å². The van der Waals surface area contributed by atoms with Crippen molar-refractivity contribution in [2.75, 3.05) is 5.32 Å². The van der Waals surface area contributed by atoms with Gasteiger partial charge in [0, 0.05) is 17.3 Å². The molecule has 2 heteroatoms. The van der Waals surface area contributed by atoms with Crippen LogP contribution >= 0.6 is 0 Å². The smallest absolute Gasteiger partial charge is 0.128 e. The maximum atomic E-state index is 13.4. The van der Waals surface area contributed by atoms with Gasteiger partial charge in [0.2, 0.25) is 0 Å². The van der Waals surface area contributed by atoms with Crippen LogP contribution < -0.4 is 5.32 Å². The minimum absolute atomic E-state index is 0.0793. The van der Waals surface area contributed by atoms with Crippen molar-refractivity contribution in [1.82, 2.24) is 0 Å². The number of rotatable bonds is 0. The quantitative estimate of drug-likeness (QED) is 0.645. The first-order valence-electron chi connectivity index (χ1n) is 4.73. The monoisotopic (exact) mass is 179 g/mol. The van der Waals surface area contributed by atoms with Crippen LogP contribution in [0.1, 0.15) is 31.7 Å². The molecule has 1 heterocycles. The SMILES string of the molecule is CC1CC(C)c2c(F)cccc2N1. The zero-order valence-electron chi connectivity index (χ0n) is 7.97. The van der Waals surface area contributed by atoms with E-state index in [1.54, 1.807) is 6.07 Å². The molecule has 0 aromatic heterocycles. The van der Waals surface area contributed by atoms with Gasteiger partial charge in [-0.15, -0.1) is 0 Å². The van der Waals surface area contributed by atoms with Gasteiger partial charge in [0.1, 0.15) is 5.82 Å². The van der Waals surface area contributed by atoms with Crippen molar-refractivity contribution in [1.29, 1.82) is 0 Å². The third-order valence-corrected chi connectivity index (χ3v) is 2.65. The van der Waals surface area contributed by atoms with E-state index >= 15 is 0 Å². The summed E-state index contributed by atoms with van der Waals surface area (Å²) in [5.41, 5.74) is 1.81.